The van der Waals surface area contributed by atoms with Crippen LogP contribution in [0.4, 0.5) is 4.79 Å². The third-order valence-electron chi connectivity index (χ3n) is 0.601. The van der Waals surface area contributed by atoms with Gasteiger partial charge in [0.25, 0.3) is 0 Å². The Morgan fingerprint density at radius 2 is 2.00 bits per heavy atom. The van der Waals surface area contributed by atoms with E-state index in [9.17, 15) is 4.79 Å². The molecule has 4 N–H and O–H groups in total. The molecule has 0 radical (unpaired) electrons. The maximum absolute atomic E-state index is 10.5. The van der Waals surface area contributed by atoms with E-state index < -0.39 is 12.4 Å². The van der Waals surface area contributed by atoms with Crippen LogP contribution in [-0.2, 0) is 9.53 Å². The van der Waals surface area contributed by atoms with Crippen molar-refractivity contribution in [3.05, 3.63) is 0 Å². The summed E-state index contributed by atoms with van der Waals surface area (Å²) in [5.41, 5.74) is 4.03. The highest BCUT2D eigenvalue weighted by Gasteiger charge is 2.03. The summed E-state index contributed by atoms with van der Waals surface area (Å²) >= 11 is 2.07. The molecule has 0 aromatic heterocycles. The van der Waals surface area contributed by atoms with Crippen LogP contribution < -0.4 is 5.73 Å². The summed E-state index contributed by atoms with van der Waals surface area (Å²) in [5.74, 6) is -0.348. The number of halogens is 1. The number of alkyl halides is 1. The van der Waals surface area contributed by atoms with Gasteiger partial charge in [0.2, 0.25) is 0 Å². The van der Waals surface area contributed by atoms with Crippen LogP contribution in [0.5, 0.6) is 0 Å². The topological polar surface area (TPSA) is 110 Å². The Kier molecular flexibility index (Phi) is 10.9. The van der Waals surface area contributed by atoms with Gasteiger partial charge in [0.1, 0.15) is 0 Å². The Morgan fingerprint density at radius 3 is 2.23 bits per heavy atom. The maximum atomic E-state index is 10.5. The number of hydrogen-bond acceptors (Lipinski definition) is 4. The quantitative estimate of drug-likeness (QED) is 0.301. The van der Waals surface area contributed by atoms with Crippen molar-refractivity contribution in [1.82, 2.24) is 0 Å². The maximum Gasteiger partial charge on any atom is 0.402 e. The molecule has 0 spiro atoms. The van der Waals surface area contributed by atoms with Crippen LogP contribution in [0.3, 0.4) is 0 Å². The average Bonchev–Trinajstić information content (AvgIpc) is 1.83. The monoisotopic (exact) mass is 305 g/mol. The van der Waals surface area contributed by atoms with Crippen molar-refractivity contribution >= 4 is 34.7 Å². The zero-order chi connectivity index (χ0) is 10.9. The standard InChI is InChI=1S/C5H9IO3.CH3NO2/c1-4(7)9-5(8)2-3-6;2-1(3)4/h4,7H,2-3H2,1H3;2H2,(H,3,4). The van der Waals surface area contributed by atoms with Crippen molar-refractivity contribution in [2.24, 2.45) is 5.73 Å². The van der Waals surface area contributed by atoms with Crippen LogP contribution in [0, 0.1) is 0 Å². The van der Waals surface area contributed by atoms with E-state index in [-0.39, 0.29) is 5.97 Å². The molecule has 0 saturated carbocycles. The minimum absolute atomic E-state index is 0.348. The van der Waals surface area contributed by atoms with Crippen molar-refractivity contribution in [1.29, 1.82) is 0 Å². The first-order valence-electron chi connectivity index (χ1n) is 3.32. The van der Waals surface area contributed by atoms with Crippen molar-refractivity contribution < 1.29 is 24.5 Å². The molecule has 0 aliphatic rings. The second-order valence-electron chi connectivity index (χ2n) is 1.87. The summed E-state index contributed by atoms with van der Waals surface area (Å²) in [4.78, 5) is 19.2. The normalized spacial score (nSPS) is 10.7. The number of primary amides is 1. The van der Waals surface area contributed by atoms with Gasteiger partial charge >= 0.3 is 12.1 Å². The smallest absolute Gasteiger partial charge is 0.402 e. The van der Waals surface area contributed by atoms with E-state index in [2.05, 4.69) is 33.1 Å². The highest BCUT2D eigenvalue weighted by Crippen LogP contribution is 1.94. The summed E-state index contributed by atoms with van der Waals surface area (Å²) in [6.07, 6.45) is -1.94. The van der Waals surface area contributed by atoms with Crippen LogP contribution in [0.2, 0.25) is 0 Å². The number of ether oxygens (including phenoxy) is 1. The van der Waals surface area contributed by atoms with Crippen molar-refractivity contribution in [2.75, 3.05) is 4.43 Å². The summed E-state index contributed by atoms with van der Waals surface area (Å²) in [6, 6.07) is 0. The molecule has 0 aromatic carbocycles. The van der Waals surface area contributed by atoms with Gasteiger partial charge in [-0.2, -0.15) is 0 Å². The number of aliphatic hydroxyl groups excluding tert-OH is 1. The molecule has 7 heteroatoms. The molecule has 0 fully saturated rings. The van der Waals surface area contributed by atoms with E-state index in [1.54, 1.807) is 0 Å². The Morgan fingerprint density at radius 1 is 1.62 bits per heavy atom. The van der Waals surface area contributed by atoms with Gasteiger partial charge in [0.05, 0.1) is 6.42 Å². The molecular weight excluding hydrogens is 293 g/mol. The number of amides is 1. The largest absolute Gasteiger partial charge is 0.465 e. The van der Waals surface area contributed by atoms with Gasteiger partial charge in [-0.3, -0.25) is 4.79 Å². The molecule has 0 heterocycles. The molecular formula is C6H12INO5. The highest BCUT2D eigenvalue weighted by atomic mass is 127. The van der Waals surface area contributed by atoms with Gasteiger partial charge < -0.3 is 20.7 Å². The van der Waals surface area contributed by atoms with Crippen molar-refractivity contribution in [2.45, 2.75) is 19.6 Å². The van der Waals surface area contributed by atoms with Crippen LogP contribution in [0.1, 0.15) is 13.3 Å². The summed E-state index contributed by atoms with van der Waals surface area (Å²) in [5, 5.41) is 15.7. The van der Waals surface area contributed by atoms with Crippen LogP contribution in [-0.4, -0.2) is 33.0 Å². The zero-order valence-corrected chi connectivity index (χ0v) is 9.22. The van der Waals surface area contributed by atoms with Crippen molar-refractivity contribution in [3.63, 3.8) is 0 Å². The highest BCUT2D eigenvalue weighted by molar-refractivity contribution is 14.1. The molecule has 1 atom stereocenters. The third-order valence-corrected chi connectivity index (χ3v) is 1.14. The number of carbonyl (C=O) groups is 2. The van der Waals surface area contributed by atoms with Gasteiger partial charge in [-0.15, -0.1) is 0 Å². The molecule has 13 heavy (non-hydrogen) atoms. The molecule has 6 nitrogen and oxygen atoms in total. The summed E-state index contributed by atoms with van der Waals surface area (Å²) < 4.78 is 5.13. The first-order chi connectivity index (χ1) is 5.90. The Bertz CT molecular complexity index is 157. The first-order valence-corrected chi connectivity index (χ1v) is 4.84. The molecule has 0 saturated heterocycles. The van der Waals surface area contributed by atoms with Gasteiger partial charge in [-0.1, -0.05) is 22.6 Å². The van der Waals surface area contributed by atoms with E-state index in [1.807, 2.05) is 0 Å². The van der Waals surface area contributed by atoms with E-state index in [0.717, 1.165) is 4.43 Å². The minimum Gasteiger partial charge on any atom is -0.465 e. The van der Waals surface area contributed by atoms with Gasteiger partial charge in [-0.05, 0) is 6.92 Å². The number of esters is 1. The van der Waals surface area contributed by atoms with E-state index >= 15 is 0 Å². The Balaban J connectivity index is 0. The van der Waals surface area contributed by atoms with Crippen molar-refractivity contribution in [3.8, 4) is 0 Å². The number of nitrogens with two attached hydrogens (primary N) is 1. The van der Waals surface area contributed by atoms with Gasteiger partial charge in [0.15, 0.2) is 6.29 Å². The van der Waals surface area contributed by atoms with Crippen LogP contribution >= 0.6 is 22.6 Å². The fourth-order valence-corrected chi connectivity index (χ4v) is 0.767. The van der Waals surface area contributed by atoms with E-state index in [1.165, 1.54) is 6.92 Å². The number of hydrogen-bond donors (Lipinski definition) is 3. The minimum atomic E-state index is -1.33. The predicted octanol–water partition coefficient (Wildman–Crippen LogP) is 0.316. The van der Waals surface area contributed by atoms with Crippen LogP contribution in [0.15, 0.2) is 0 Å². The summed E-state index contributed by atoms with van der Waals surface area (Å²) in [6.45, 7) is 1.41. The molecule has 0 aliphatic carbocycles. The first kappa shape index (κ1) is 14.9. The number of carboxylic acid groups (broad SMARTS) is 1. The lowest BCUT2D eigenvalue weighted by Crippen LogP contribution is -2.13. The Labute approximate surface area is 89.2 Å². The third kappa shape index (κ3) is 24.6. The number of carbonyl (C=O) groups excluding carboxylic acids is 1. The fraction of sp³-hybridized carbons (Fsp3) is 0.667. The Hall–Kier alpha value is -0.570. The SMILES string of the molecule is CC(O)OC(=O)CCI.NC(=O)O. The van der Waals surface area contributed by atoms with Gasteiger partial charge in [0, 0.05) is 4.43 Å². The molecule has 0 rings (SSSR count). The second-order valence-corrected chi connectivity index (χ2v) is 2.95. The van der Waals surface area contributed by atoms with E-state index in [0.29, 0.717) is 6.42 Å². The number of aliphatic hydroxyl groups is 1. The predicted molar refractivity (Wildman–Crippen MR) is 53.5 cm³/mol. The second kappa shape index (κ2) is 9.52. The van der Waals surface area contributed by atoms with Crippen LogP contribution in [0.25, 0.3) is 0 Å². The molecule has 1 unspecified atom stereocenters. The molecule has 0 aliphatic heterocycles. The molecule has 1 amide bonds. The average molecular weight is 305 g/mol. The van der Waals surface area contributed by atoms with E-state index in [4.69, 9.17) is 15.0 Å². The fourth-order valence-electron chi connectivity index (χ4n) is 0.326. The number of rotatable bonds is 3. The molecule has 78 valence electrons. The molecule has 0 bridgehead atoms. The lowest BCUT2D eigenvalue weighted by atomic mass is 10.5. The molecule has 0 aromatic rings. The van der Waals surface area contributed by atoms with Gasteiger partial charge in [-0.25, -0.2) is 4.79 Å². The lowest BCUT2D eigenvalue weighted by Gasteiger charge is -2.04. The zero-order valence-electron chi connectivity index (χ0n) is 7.07. The lowest BCUT2D eigenvalue weighted by molar-refractivity contribution is -0.164. The summed E-state index contributed by atoms with van der Waals surface area (Å²) in [7, 11) is 0.